The van der Waals surface area contributed by atoms with Gasteiger partial charge in [-0.25, -0.2) is 0 Å². The lowest BCUT2D eigenvalue weighted by Gasteiger charge is -2.47. The molecule has 2 atom stereocenters. The number of methoxy groups -OCH3 is 3. The SMILES string of the molecule is COCCCN1CC(=O)N2[C@@H](c3ccc(OC)cc3OC)c3[nH]c4ccccc4c3C[C@H]2C1=O. The van der Waals surface area contributed by atoms with Crippen LogP contribution in [0.3, 0.4) is 0 Å². The van der Waals surface area contributed by atoms with Crippen LogP contribution in [0.25, 0.3) is 10.9 Å². The molecule has 2 aliphatic rings. The van der Waals surface area contributed by atoms with Crippen molar-refractivity contribution in [1.29, 1.82) is 0 Å². The Bertz CT molecular complexity index is 1240. The summed E-state index contributed by atoms with van der Waals surface area (Å²) in [5.41, 5.74) is 3.80. The number of hydrogen-bond acceptors (Lipinski definition) is 5. The standard InChI is InChI=1S/C26H29N3O5/c1-32-12-6-11-28-15-23(30)29-21(26(28)31)14-19-17-7-4-5-8-20(17)27-24(19)25(29)18-10-9-16(33-2)13-22(18)34-3/h4-5,7-10,13,21,25,27H,6,11-12,14-15H2,1-3H3/t21-,25-/m0/s1. The highest BCUT2D eigenvalue weighted by Gasteiger charge is 2.48. The van der Waals surface area contributed by atoms with Gasteiger partial charge in [0, 0.05) is 54.9 Å². The van der Waals surface area contributed by atoms with E-state index in [1.165, 1.54) is 0 Å². The zero-order valence-electron chi connectivity index (χ0n) is 19.7. The number of para-hydroxylation sites is 1. The average Bonchev–Trinajstić information content (AvgIpc) is 3.24. The quantitative estimate of drug-likeness (QED) is 0.545. The third kappa shape index (κ3) is 3.58. The van der Waals surface area contributed by atoms with Gasteiger partial charge in [0.05, 0.1) is 20.8 Å². The minimum absolute atomic E-state index is 0.0240. The second kappa shape index (κ2) is 9.02. The van der Waals surface area contributed by atoms with Crippen molar-refractivity contribution in [2.24, 2.45) is 0 Å². The van der Waals surface area contributed by atoms with Crippen molar-refractivity contribution in [3.63, 3.8) is 0 Å². The number of piperazine rings is 1. The van der Waals surface area contributed by atoms with Crippen LogP contribution in [0.1, 0.15) is 29.3 Å². The third-order valence-electron chi connectivity index (χ3n) is 6.85. The molecule has 1 N–H and O–H groups in total. The van der Waals surface area contributed by atoms with E-state index in [-0.39, 0.29) is 18.4 Å². The number of hydrogen-bond donors (Lipinski definition) is 1. The molecule has 8 nitrogen and oxygen atoms in total. The Morgan fingerprint density at radius 1 is 1.06 bits per heavy atom. The summed E-state index contributed by atoms with van der Waals surface area (Å²) in [6.45, 7) is 1.11. The number of H-pyrrole nitrogens is 1. The van der Waals surface area contributed by atoms with Gasteiger partial charge in [0.15, 0.2) is 0 Å². The van der Waals surface area contributed by atoms with Crippen molar-refractivity contribution >= 4 is 22.7 Å². The monoisotopic (exact) mass is 463 g/mol. The Kier molecular flexibility index (Phi) is 5.91. The molecule has 1 saturated heterocycles. The molecule has 2 amide bonds. The molecule has 0 bridgehead atoms. The topological polar surface area (TPSA) is 84.1 Å². The summed E-state index contributed by atoms with van der Waals surface area (Å²) in [6, 6.07) is 12.6. The van der Waals surface area contributed by atoms with E-state index in [2.05, 4.69) is 11.1 Å². The number of nitrogens with zero attached hydrogens (tertiary/aromatic N) is 2. The molecule has 1 fully saturated rings. The fourth-order valence-electron chi connectivity index (χ4n) is 5.28. The van der Waals surface area contributed by atoms with E-state index in [9.17, 15) is 9.59 Å². The number of carbonyl (C=O) groups is 2. The van der Waals surface area contributed by atoms with Gasteiger partial charge in [-0.1, -0.05) is 18.2 Å². The van der Waals surface area contributed by atoms with Gasteiger partial charge in [0.25, 0.3) is 0 Å². The van der Waals surface area contributed by atoms with E-state index >= 15 is 0 Å². The Labute approximate surface area is 198 Å². The van der Waals surface area contributed by atoms with Crippen molar-refractivity contribution in [2.45, 2.75) is 24.9 Å². The molecule has 0 spiro atoms. The number of rotatable bonds is 7. The number of benzene rings is 2. The smallest absolute Gasteiger partial charge is 0.246 e. The molecule has 2 aromatic carbocycles. The first-order valence-corrected chi connectivity index (χ1v) is 11.5. The number of ether oxygens (including phenoxy) is 3. The molecule has 0 radical (unpaired) electrons. The highest BCUT2D eigenvalue weighted by Crippen LogP contribution is 2.45. The van der Waals surface area contributed by atoms with Crippen molar-refractivity contribution in [3.05, 3.63) is 59.3 Å². The molecule has 5 rings (SSSR count). The van der Waals surface area contributed by atoms with Gasteiger partial charge < -0.3 is 29.0 Å². The Balaban J connectivity index is 1.65. The van der Waals surface area contributed by atoms with E-state index in [1.54, 1.807) is 31.1 Å². The van der Waals surface area contributed by atoms with Gasteiger partial charge in [0.2, 0.25) is 11.8 Å². The summed E-state index contributed by atoms with van der Waals surface area (Å²) in [4.78, 5) is 34.2. The molecule has 3 heterocycles. The van der Waals surface area contributed by atoms with Gasteiger partial charge in [0.1, 0.15) is 23.6 Å². The zero-order valence-corrected chi connectivity index (χ0v) is 19.7. The first-order valence-electron chi connectivity index (χ1n) is 11.5. The van der Waals surface area contributed by atoms with Crippen LogP contribution in [0.2, 0.25) is 0 Å². The van der Waals surface area contributed by atoms with Gasteiger partial charge in [-0.05, 0) is 30.2 Å². The molecular weight excluding hydrogens is 434 g/mol. The normalized spacial score (nSPS) is 19.9. The predicted molar refractivity (Wildman–Crippen MR) is 127 cm³/mol. The maximum absolute atomic E-state index is 13.6. The van der Waals surface area contributed by atoms with Crippen LogP contribution in [0, 0.1) is 0 Å². The lowest BCUT2D eigenvalue weighted by molar-refractivity contribution is -0.158. The minimum Gasteiger partial charge on any atom is -0.497 e. The van der Waals surface area contributed by atoms with Crippen molar-refractivity contribution in [3.8, 4) is 11.5 Å². The van der Waals surface area contributed by atoms with E-state index in [4.69, 9.17) is 14.2 Å². The summed E-state index contributed by atoms with van der Waals surface area (Å²) in [7, 11) is 4.84. The maximum Gasteiger partial charge on any atom is 0.246 e. The Morgan fingerprint density at radius 3 is 2.65 bits per heavy atom. The highest BCUT2D eigenvalue weighted by molar-refractivity contribution is 5.97. The van der Waals surface area contributed by atoms with E-state index in [0.717, 1.165) is 27.7 Å². The van der Waals surface area contributed by atoms with Crippen LogP contribution in [0.4, 0.5) is 0 Å². The van der Waals surface area contributed by atoms with E-state index in [0.29, 0.717) is 37.5 Å². The fourth-order valence-corrected chi connectivity index (χ4v) is 5.28. The maximum atomic E-state index is 13.6. The van der Waals surface area contributed by atoms with Crippen molar-refractivity contribution in [1.82, 2.24) is 14.8 Å². The number of aromatic amines is 1. The van der Waals surface area contributed by atoms with E-state index in [1.807, 2.05) is 36.4 Å². The molecule has 0 aliphatic carbocycles. The fraction of sp³-hybridized carbons (Fsp3) is 0.385. The lowest BCUT2D eigenvalue weighted by Crippen LogP contribution is -2.63. The number of carbonyl (C=O) groups excluding carboxylic acids is 2. The molecule has 8 heteroatoms. The van der Waals surface area contributed by atoms with Crippen LogP contribution in [0.15, 0.2) is 42.5 Å². The summed E-state index contributed by atoms with van der Waals surface area (Å²) in [5, 5.41) is 1.08. The highest BCUT2D eigenvalue weighted by atomic mass is 16.5. The van der Waals surface area contributed by atoms with Gasteiger partial charge in [-0.2, -0.15) is 0 Å². The number of amides is 2. The van der Waals surface area contributed by atoms with Crippen molar-refractivity contribution in [2.75, 3.05) is 41.0 Å². The largest absolute Gasteiger partial charge is 0.497 e. The predicted octanol–water partition coefficient (Wildman–Crippen LogP) is 2.91. The van der Waals surface area contributed by atoms with Gasteiger partial charge in [-0.15, -0.1) is 0 Å². The number of aromatic nitrogens is 1. The number of fused-ring (bicyclic) bond motifs is 4. The zero-order chi connectivity index (χ0) is 23.8. The molecule has 178 valence electrons. The lowest BCUT2D eigenvalue weighted by atomic mass is 9.85. The summed E-state index contributed by atoms with van der Waals surface area (Å²) < 4.78 is 16.2. The van der Waals surface area contributed by atoms with Crippen molar-refractivity contribution < 1.29 is 23.8 Å². The van der Waals surface area contributed by atoms with Gasteiger partial charge in [-0.3, -0.25) is 9.59 Å². The van der Waals surface area contributed by atoms with Crippen LogP contribution in [-0.2, 0) is 20.7 Å². The van der Waals surface area contributed by atoms with Gasteiger partial charge >= 0.3 is 0 Å². The molecule has 3 aromatic rings. The summed E-state index contributed by atoms with van der Waals surface area (Å²) in [6.07, 6.45) is 1.16. The van der Waals surface area contributed by atoms with Crippen LogP contribution >= 0.6 is 0 Å². The molecule has 1 aromatic heterocycles. The second-order valence-electron chi connectivity index (χ2n) is 8.70. The average molecular weight is 464 g/mol. The third-order valence-corrected chi connectivity index (χ3v) is 6.85. The Hall–Kier alpha value is -3.52. The summed E-state index contributed by atoms with van der Waals surface area (Å²) in [5.74, 6) is 1.17. The Morgan fingerprint density at radius 2 is 1.88 bits per heavy atom. The first-order chi connectivity index (χ1) is 16.6. The minimum atomic E-state index is -0.577. The summed E-state index contributed by atoms with van der Waals surface area (Å²) >= 11 is 0. The molecule has 34 heavy (non-hydrogen) atoms. The van der Waals surface area contributed by atoms with E-state index < -0.39 is 12.1 Å². The van der Waals surface area contributed by atoms with Crippen LogP contribution in [0.5, 0.6) is 11.5 Å². The molecule has 0 unspecified atom stereocenters. The molecular formula is C26H29N3O5. The van der Waals surface area contributed by atoms with Crippen LogP contribution in [-0.4, -0.2) is 73.7 Å². The van der Waals surface area contributed by atoms with Crippen LogP contribution < -0.4 is 9.47 Å². The second-order valence-corrected chi connectivity index (χ2v) is 8.70. The molecule has 2 aliphatic heterocycles. The first kappa shape index (κ1) is 22.3. The molecule has 0 saturated carbocycles. The number of nitrogens with one attached hydrogen (secondary N) is 1.